The number of rotatable bonds is 7. The van der Waals surface area contributed by atoms with E-state index in [1.807, 2.05) is 0 Å². The van der Waals surface area contributed by atoms with Crippen molar-refractivity contribution in [3.05, 3.63) is 35.4 Å². The second-order valence-corrected chi connectivity index (χ2v) is 7.47. The molecule has 0 spiro atoms. The fraction of sp³-hybridized carbons (Fsp3) is 0.684. The van der Waals surface area contributed by atoms with Crippen LogP contribution in [0.15, 0.2) is 24.3 Å². The summed E-state index contributed by atoms with van der Waals surface area (Å²) in [7, 11) is 0. The second kappa shape index (κ2) is 6.93. The molecule has 2 rings (SSSR count). The molecule has 0 radical (unpaired) electrons. The zero-order valence-electron chi connectivity index (χ0n) is 14.1. The SMILES string of the molecule is CCCCN(CC(O)c1ccc(C(C)(C)C)cc1)C1CC1. The van der Waals surface area contributed by atoms with E-state index >= 15 is 0 Å². The predicted octanol–water partition coefficient (Wildman–Crippen LogP) is 4.28. The smallest absolute Gasteiger partial charge is 0.0917 e. The van der Waals surface area contributed by atoms with E-state index in [4.69, 9.17) is 0 Å². The number of hydrogen-bond donors (Lipinski definition) is 1. The molecule has 2 heteroatoms. The molecule has 0 aliphatic heterocycles. The monoisotopic (exact) mass is 289 g/mol. The normalized spacial score (nSPS) is 17.2. The third kappa shape index (κ3) is 4.82. The van der Waals surface area contributed by atoms with Crippen molar-refractivity contribution in [3.63, 3.8) is 0 Å². The lowest BCUT2D eigenvalue weighted by Crippen LogP contribution is -2.31. The van der Waals surface area contributed by atoms with E-state index in [1.165, 1.54) is 31.2 Å². The molecule has 2 nitrogen and oxygen atoms in total. The number of unbranched alkanes of at least 4 members (excludes halogenated alkanes) is 1. The Balaban J connectivity index is 1.96. The van der Waals surface area contributed by atoms with Gasteiger partial charge in [-0.3, -0.25) is 4.90 Å². The zero-order valence-corrected chi connectivity index (χ0v) is 14.1. The van der Waals surface area contributed by atoms with Crippen molar-refractivity contribution in [2.75, 3.05) is 13.1 Å². The quantitative estimate of drug-likeness (QED) is 0.809. The molecule has 0 amide bonds. The minimum Gasteiger partial charge on any atom is -0.387 e. The average molecular weight is 289 g/mol. The van der Waals surface area contributed by atoms with E-state index in [0.717, 1.165) is 24.7 Å². The van der Waals surface area contributed by atoms with Crippen LogP contribution in [0.1, 0.15) is 70.6 Å². The summed E-state index contributed by atoms with van der Waals surface area (Å²) in [6, 6.07) is 9.23. The minimum atomic E-state index is -0.364. The first-order valence-electron chi connectivity index (χ1n) is 8.44. The highest BCUT2D eigenvalue weighted by Gasteiger charge is 2.30. The highest BCUT2D eigenvalue weighted by molar-refractivity contribution is 5.28. The first-order valence-corrected chi connectivity index (χ1v) is 8.44. The van der Waals surface area contributed by atoms with Gasteiger partial charge >= 0.3 is 0 Å². The van der Waals surface area contributed by atoms with Crippen LogP contribution in [0.4, 0.5) is 0 Å². The third-order valence-electron chi connectivity index (χ3n) is 4.43. The molecular weight excluding hydrogens is 258 g/mol. The Bertz CT molecular complexity index is 428. The lowest BCUT2D eigenvalue weighted by atomic mass is 9.86. The van der Waals surface area contributed by atoms with Crippen LogP contribution in [0.2, 0.25) is 0 Å². The van der Waals surface area contributed by atoms with E-state index in [0.29, 0.717) is 0 Å². The fourth-order valence-corrected chi connectivity index (χ4v) is 2.76. The maximum Gasteiger partial charge on any atom is 0.0917 e. The standard InChI is InChI=1S/C19H31NO/c1-5-6-13-20(17-11-12-17)14-18(21)15-7-9-16(10-8-15)19(2,3)4/h7-10,17-18,21H,5-6,11-14H2,1-4H3. The van der Waals surface area contributed by atoms with Crippen LogP contribution in [0.25, 0.3) is 0 Å². The maximum absolute atomic E-state index is 10.5. The number of aliphatic hydroxyl groups is 1. The van der Waals surface area contributed by atoms with E-state index in [1.54, 1.807) is 0 Å². The maximum atomic E-state index is 10.5. The van der Waals surface area contributed by atoms with Gasteiger partial charge in [0.05, 0.1) is 6.10 Å². The Labute approximate surface area is 130 Å². The van der Waals surface area contributed by atoms with Crippen LogP contribution < -0.4 is 0 Å². The molecule has 21 heavy (non-hydrogen) atoms. The molecule has 1 atom stereocenters. The molecule has 1 N–H and O–H groups in total. The summed E-state index contributed by atoms with van der Waals surface area (Å²) in [4.78, 5) is 2.48. The topological polar surface area (TPSA) is 23.5 Å². The van der Waals surface area contributed by atoms with Gasteiger partial charge in [-0.1, -0.05) is 58.4 Å². The lowest BCUT2D eigenvalue weighted by molar-refractivity contribution is 0.107. The zero-order chi connectivity index (χ0) is 15.5. The van der Waals surface area contributed by atoms with Gasteiger partial charge in [-0.05, 0) is 42.3 Å². The van der Waals surface area contributed by atoms with Gasteiger partial charge in [0.25, 0.3) is 0 Å². The summed E-state index contributed by atoms with van der Waals surface area (Å²) in [5, 5.41) is 10.5. The van der Waals surface area contributed by atoms with Crippen molar-refractivity contribution in [2.24, 2.45) is 0 Å². The Morgan fingerprint density at radius 2 is 1.81 bits per heavy atom. The van der Waals surface area contributed by atoms with Crippen LogP contribution in [-0.2, 0) is 5.41 Å². The Morgan fingerprint density at radius 3 is 2.29 bits per heavy atom. The Kier molecular flexibility index (Phi) is 5.45. The molecule has 0 aromatic heterocycles. The molecule has 1 aromatic carbocycles. The average Bonchev–Trinajstić information content (AvgIpc) is 3.27. The van der Waals surface area contributed by atoms with Crippen molar-refractivity contribution in [1.82, 2.24) is 4.90 Å². The van der Waals surface area contributed by atoms with Crippen molar-refractivity contribution in [3.8, 4) is 0 Å². The molecule has 1 fully saturated rings. The molecule has 1 aromatic rings. The van der Waals surface area contributed by atoms with Gasteiger partial charge in [0.2, 0.25) is 0 Å². The van der Waals surface area contributed by atoms with Gasteiger partial charge < -0.3 is 5.11 Å². The summed E-state index contributed by atoms with van der Waals surface area (Å²) in [5.74, 6) is 0. The van der Waals surface area contributed by atoms with Crippen molar-refractivity contribution in [1.29, 1.82) is 0 Å². The van der Waals surface area contributed by atoms with E-state index in [2.05, 4.69) is 56.9 Å². The van der Waals surface area contributed by atoms with Crippen LogP contribution in [-0.4, -0.2) is 29.1 Å². The lowest BCUT2D eigenvalue weighted by Gasteiger charge is -2.25. The van der Waals surface area contributed by atoms with Gasteiger partial charge in [-0.15, -0.1) is 0 Å². The molecule has 118 valence electrons. The third-order valence-corrected chi connectivity index (χ3v) is 4.43. The summed E-state index contributed by atoms with van der Waals surface area (Å²) >= 11 is 0. The molecule has 1 unspecified atom stereocenters. The van der Waals surface area contributed by atoms with E-state index < -0.39 is 0 Å². The van der Waals surface area contributed by atoms with Crippen molar-refractivity contribution in [2.45, 2.75) is 70.9 Å². The predicted molar refractivity (Wildman–Crippen MR) is 89.6 cm³/mol. The summed E-state index contributed by atoms with van der Waals surface area (Å²) in [6.07, 6.45) is 4.70. The largest absolute Gasteiger partial charge is 0.387 e. The van der Waals surface area contributed by atoms with Crippen molar-refractivity contribution < 1.29 is 5.11 Å². The van der Waals surface area contributed by atoms with Gasteiger partial charge in [-0.25, -0.2) is 0 Å². The number of aliphatic hydroxyl groups excluding tert-OH is 1. The van der Waals surface area contributed by atoms with Gasteiger partial charge in [-0.2, -0.15) is 0 Å². The van der Waals surface area contributed by atoms with Crippen LogP contribution in [0.3, 0.4) is 0 Å². The number of hydrogen-bond acceptors (Lipinski definition) is 2. The van der Waals surface area contributed by atoms with E-state index in [-0.39, 0.29) is 11.5 Å². The first-order chi connectivity index (χ1) is 9.91. The van der Waals surface area contributed by atoms with Crippen LogP contribution in [0, 0.1) is 0 Å². The molecular formula is C19H31NO. The molecule has 1 saturated carbocycles. The van der Waals surface area contributed by atoms with Crippen LogP contribution >= 0.6 is 0 Å². The Morgan fingerprint density at radius 1 is 1.19 bits per heavy atom. The highest BCUT2D eigenvalue weighted by atomic mass is 16.3. The molecule has 1 aliphatic rings. The fourth-order valence-electron chi connectivity index (χ4n) is 2.76. The van der Waals surface area contributed by atoms with Gasteiger partial charge in [0, 0.05) is 12.6 Å². The van der Waals surface area contributed by atoms with Crippen LogP contribution in [0.5, 0.6) is 0 Å². The van der Waals surface area contributed by atoms with E-state index in [9.17, 15) is 5.11 Å². The van der Waals surface area contributed by atoms with Gasteiger partial charge in [0.15, 0.2) is 0 Å². The van der Waals surface area contributed by atoms with Gasteiger partial charge in [0.1, 0.15) is 0 Å². The summed E-state index contributed by atoms with van der Waals surface area (Å²) < 4.78 is 0. The number of nitrogens with zero attached hydrogens (tertiary/aromatic N) is 1. The minimum absolute atomic E-state index is 0.171. The second-order valence-electron chi connectivity index (χ2n) is 7.47. The highest BCUT2D eigenvalue weighted by Crippen LogP contribution is 2.30. The molecule has 1 aliphatic carbocycles. The van der Waals surface area contributed by atoms with Crippen molar-refractivity contribution >= 4 is 0 Å². The Hall–Kier alpha value is -0.860. The molecule has 0 saturated heterocycles. The summed E-state index contributed by atoms with van der Waals surface area (Å²) in [6.45, 7) is 10.8. The molecule has 0 heterocycles. The number of benzene rings is 1. The summed E-state index contributed by atoms with van der Waals surface area (Å²) in [5.41, 5.74) is 2.54. The molecule has 0 bridgehead atoms. The first kappa shape index (κ1) is 16.5.